The molecule has 1 saturated carbocycles. The van der Waals surface area contributed by atoms with Gasteiger partial charge in [0.15, 0.2) is 5.82 Å². The summed E-state index contributed by atoms with van der Waals surface area (Å²) in [6.45, 7) is 4.32. The molecular weight excluding hydrogens is 320 g/mol. The first kappa shape index (κ1) is 15.6. The van der Waals surface area contributed by atoms with E-state index in [1.807, 2.05) is 12.3 Å². The molecule has 1 aliphatic carbocycles. The van der Waals surface area contributed by atoms with Gasteiger partial charge in [-0.3, -0.25) is 5.10 Å². The van der Waals surface area contributed by atoms with Crippen molar-refractivity contribution in [2.45, 2.75) is 38.5 Å². The third-order valence-corrected chi connectivity index (χ3v) is 5.06. The molecule has 1 fully saturated rings. The van der Waals surface area contributed by atoms with Crippen molar-refractivity contribution in [1.29, 1.82) is 0 Å². The number of aromatic nitrogens is 3. The van der Waals surface area contributed by atoms with Crippen LogP contribution < -0.4 is 0 Å². The third kappa shape index (κ3) is 2.69. The highest BCUT2D eigenvalue weighted by Crippen LogP contribution is 2.48. The fourth-order valence-electron chi connectivity index (χ4n) is 3.29. The molecule has 3 aromatic rings. The molecule has 0 unspecified atom stereocenters. The van der Waals surface area contributed by atoms with Gasteiger partial charge in [-0.2, -0.15) is 9.46 Å². The van der Waals surface area contributed by atoms with Crippen molar-refractivity contribution in [3.05, 3.63) is 29.6 Å². The highest BCUT2D eigenvalue weighted by molar-refractivity contribution is 7.92. The summed E-state index contributed by atoms with van der Waals surface area (Å²) < 4.78 is 16.8. The maximum Gasteiger partial charge on any atom is 0.169 e. The lowest BCUT2D eigenvalue weighted by Gasteiger charge is -2.16. The average Bonchev–Trinajstić information content (AvgIpc) is 3.21. The summed E-state index contributed by atoms with van der Waals surface area (Å²) in [4.78, 5) is 4.86. The second kappa shape index (κ2) is 5.28. The monoisotopic (exact) mass is 342 g/mol. The SMILES string of the molecule is CC(C)c1nc(N=S(C)(C)=O)c2cc3[nH]ncc3cc2c1C1CC1. The summed E-state index contributed by atoms with van der Waals surface area (Å²) in [5, 5.41) is 10.4. The molecule has 24 heavy (non-hydrogen) atoms. The molecule has 0 amide bonds. The van der Waals surface area contributed by atoms with Crippen molar-refractivity contribution >= 4 is 37.2 Å². The second-order valence-electron chi connectivity index (χ2n) is 7.29. The predicted octanol–water partition coefficient (Wildman–Crippen LogP) is 4.47. The van der Waals surface area contributed by atoms with Crippen molar-refractivity contribution < 1.29 is 4.21 Å². The lowest BCUT2D eigenvalue weighted by atomic mass is 9.94. The van der Waals surface area contributed by atoms with E-state index in [2.05, 4.69) is 34.5 Å². The van der Waals surface area contributed by atoms with Crippen molar-refractivity contribution in [2.24, 2.45) is 4.36 Å². The Morgan fingerprint density at radius 3 is 2.62 bits per heavy atom. The molecule has 4 rings (SSSR count). The van der Waals surface area contributed by atoms with Crippen LogP contribution in [0.15, 0.2) is 22.7 Å². The average molecular weight is 342 g/mol. The van der Waals surface area contributed by atoms with Crippen LogP contribution in [0.4, 0.5) is 5.82 Å². The van der Waals surface area contributed by atoms with Crippen LogP contribution in [0.5, 0.6) is 0 Å². The Labute approximate surface area is 142 Å². The Bertz CT molecular complexity index is 1060. The van der Waals surface area contributed by atoms with E-state index in [1.54, 1.807) is 12.5 Å². The first-order valence-electron chi connectivity index (χ1n) is 8.31. The minimum atomic E-state index is -2.28. The smallest absolute Gasteiger partial charge is 0.169 e. The largest absolute Gasteiger partial charge is 0.278 e. The minimum Gasteiger partial charge on any atom is -0.278 e. The van der Waals surface area contributed by atoms with Gasteiger partial charge >= 0.3 is 0 Å². The van der Waals surface area contributed by atoms with Crippen LogP contribution in [-0.4, -0.2) is 31.9 Å². The molecule has 1 aliphatic rings. The van der Waals surface area contributed by atoms with Gasteiger partial charge in [0, 0.05) is 38.7 Å². The standard InChI is InChI=1S/C18H22N4OS/c1-10(2)17-16(11-5-6-11)13-7-12-9-19-21-15(12)8-14(13)18(20-17)22-24(3,4)23/h7-11H,5-6H2,1-4H3,(H,19,21). The molecule has 6 heteroatoms. The summed E-state index contributed by atoms with van der Waals surface area (Å²) in [5.41, 5.74) is 3.40. The molecule has 1 N–H and O–H groups in total. The van der Waals surface area contributed by atoms with E-state index in [0.29, 0.717) is 17.7 Å². The number of benzene rings is 1. The van der Waals surface area contributed by atoms with E-state index in [1.165, 1.54) is 23.8 Å². The van der Waals surface area contributed by atoms with E-state index < -0.39 is 9.73 Å². The van der Waals surface area contributed by atoms with E-state index in [0.717, 1.165) is 22.0 Å². The van der Waals surface area contributed by atoms with Crippen LogP contribution in [0.1, 0.15) is 49.8 Å². The molecule has 0 aliphatic heterocycles. The molecule has 5 nitrogen and oxygen atoms in total. The Morgan fingerprint density at radius 1 is 1.25 bits per heavy atom. The van der Waals surface area contributed by atoms with Gasteiger partial charge in [-0.05, 0) is 47.8 Å². The van der Waals surface area contributed by atoms with Crippen molar-refractivity contribution in [3.63, 3.8) is 0 Å². The maximum atomic E-state index is 12.3. The number of nitrogens with zero attached hydrogens (tertiary/aromatic N) is 3. The molecular formula is C18H22N4OS. The number of hydrogen-bond acceptors (Lipinski definition) is 4. The molecule has 0 radical (unpaired) electrons. The van der Waals surface area contributed by atoms with Gasteiger partial charge in [0.1, 0.15) is 0 Å². The van der Waals surface area contributed by atoms with Crippen LogP contribution in [0.2, 0.25) is 0 Å². The molecule has 0 saturated heterocycles. The number of hydrogen-bond donors (Lipinski definition) is 1. The first-order valence-corrected chi connectivity index (χ1v) is 10.6. The summed E-state index contributed by atoms with van der Waals surface area (Å²) in [5.74, 6) is 1.48. The summed E-state index contributed by atoms with van der Waals surface area (Å²) >= 11 is 0. The van der Waals surface area contributed by atoms with Crippen molar-refractivity contribution in [2.75, 3.05) is 12.5 Å². The normalized spacial score (nSPS) is 15.5. The maximum absolute atomic E-state index is 12.3. The predicted molar refractivity (Wildman–Crippen MR) is 99.5 cm³/mol. The van der Waals surface area contributed by atoms with Crippen molar-refractivity contribution in [1.82, 2.24) is 15.2 Å². The highest BCUT2D eigenvalue weighted by Gasteiger charge is 2.30. The Kier molecular flexibility index (Phi) is 3.42. The fraction of sp³-hybridized carbons (Fsp3) is 0.444. The van der Waals surface area contributed by atoms with Crippen LogP contribution in [0, 0.1) is 0 Å². The summed E-state index contributed by atoms with van der Waals surface area (Å²) in [6, 6.07) is 4.23. The second-order valence-corrected chi connectivity index (χ2v) is 9.84. The van der Waals surface area contributed by atoms with E-state index in [9.17, 15) is 4.21 Å². The van der Waals surface area contributed by atoms with E-state index in [-0.39, 0.29) is 0 Å². The highest BCUT2D eigenvalue weighted by atomic mass is 32.2. The lowest BCUT2D eigenvalue weighted by Crippen LogP contribution is -2.02. The number of nitrogens with one attached hydrogen (secondary N) is 1. The van der Waals surface area contributed by atoms with Crippen LogP contribution in [0.3, 0.4) is 0 Å². The molecule has 2 aromatic heterocycles. The minimum absolute atomic E-state index is 0.309. The van der Waals surface area contributed by atoms with Gasteiger partial charge in [0.25, 0.3) is 0 Å². The molecule has 0 atom stereocenters. The fourth-order valence-corrected chi connectivity index (χ4v) is 3.85. The van der Waals surface area contributed by atoms with Crippen LogP contribution in [0.25, 0.3) is 21.7 Å². The zero-order chi connectivity index (χ0) is 17.1. The quantitative estimate of drug-likeness (QED) is 0.763. The molecule has 1 aromatic carbocycles. The van der Waals surface area contributed by atoms with Gasteiger partial charge in [-0.15, -0.1) is 0 Å². The van der Waals surface area contributed by atoms with Crippen LogP contribution >= 0.6 is 0 Å². The van der Waals surface area contributed by atoms with E-state index >= 15 is 0 Å². The van der Waals surface area contributed by atoms with Crippen molar-refractivity contribution in [3.8, 4) is 0 Å². The molecule has 0 bridgehead atoms. The number of pyridine rings is 1. The topological polar surface area (TPSA) is 71.0 Å². The molecule has 126 valence electrons. The summed E-state index contributed by atoms with van der Waals surface area (Å²) in [6.07, 6.45) is 7.59. The zero-order valence-electron chi connectivity index (χ0n) is 14.5. The number of aromatic amines is 1. The van der Waals surface area contributed by atoms with Crippen LogP contribution in [-0.2, 0) is 9.73 Å². The van der Waals surface area contributed by atoms with E-state index in [4.69, 9.17) is 4.98 Å². The first-order chi connectivity index (χ1) is 11.3. The Balaban J connectivity index is 2.18. The molecule has 2 heterocycles. The van der Waals surface area contributed by atoms with Gasteiger partial charge < -0.3 is 0 Å². The number of rotatable bonds is 3. The lowest BCUT2D eigenvalue weighted by molar-refractivity contribution is 0.684. The summed E-state index contributed by atoms with van der Waals surface area (Å²) in [7, 11) is -2.28. The Morgan fingerprint density at radius 2 is 2.00 bits per heavy atom. The third-order valence-electron chi connectivity index (χ3n) is 4.45. The molecule has 0 spiro atoms. The Hall–Kier alpha value is -1.95. The van der Waals surface area contributed by atoms with Gasteiger partial charge in [-0.1, -0.05) is 13.8 Å². The van der Waals surface area contributed by atoms with Gasteiger partial charge in [0.05, 0.1) is 11.7 Å². The zero-order valence-corrected chi connectivity index (χ0v) is 15.3. The number of fused-ring (bicyclic) bond motifs is 2. The number of H-pyrrole nitrogens is 1. The van der Waals surface area contributed by atoms with Gasteiger partial charge in [-0.25, -0.2) is 9.19 Å². The van der Waals surface area contributed by atoms with Gasteiger partial charge in [0.2, 0.25) is 0 Å².